The number of hydrogen-bond acceptors (Lipinski definition) is 4. The Balaban J connectivity index is 1.43. The van der Waals surface area contributed by atoms with Crippen molar-refractivity contribution in [1.82, 2.24) is 0 Å². The van der Waals surface area contributed by atoms with Gasteiger partial charge in [0.1, 0.15) is 5.75 Å². The van der Waals surface area contributed by atoms with E-state index in [2.05, 4.69) is 12.2 Å². The predicted molar refractivity (Wildman–Crippen MR) is 105 cm³/mol. The number of nitrogens with one attached hydrogen (secondary N) is 1. The summed E-state index contributed by atoms with van der Waals surface area (Å²) in [7, 11) is 0. The maximum atomic E-state index is 11.9. The van der Waals surface area contributed by atoms with Crippen molar-refractivity contribution in [2.75, 3.05) is 18.5 Å². The van der Waals surface area contributed by atoms with Gasteiger partial charge in [0.05, 0.1) is 0 Å². The van der Waals surface area contributed by atoms with Gasteiger partial charge < -0.3 is 14.8 Å². The molecule has 27 heavy (non-hydrogen) atoms. The molecule has 0 heterocycles. The summed E-state index contributed by atoms with van der Waals surface area (Å²) < 4.78 is 10.4. The van der Waals surface area contributed by atoms with Crippen molar-refractivity contribution in [3.8, 4) is 5.75 Å². The number of carbonyl (C=O) groups excluding carboxylic acids is 2. The third-order valence-corrected chi connectivity index (χ3v) is 4.09. The fourth-order valence-electron chi connectivity index (χ4n) is 2.61. The molecule has 0 aliphatic rings. The monoisotopic (exact) mass is 363 g/mol. The van der Waals surface area contributed by atoms with Crippen LogP contribution in [0.25, 0.3) is 10.8 Å². The van der Waals surface area contributed by atoms with Crippen molar-refractivity contribution in [3.05, 3.63) is 72.3 Å². The molecule has 3 aromatic carbocycles. The summed E-state index contributed by atoms with van der Waals surface area (Å²) in [5, 5.41) is 4.80. The zero-order chi connectivity index (χ0) is 19.1. The van der Waals surface area contributed by atoms with E-state index in [4.69, 9.17) is 9.47 Å². The first-order chi connectivity index (χ1) is 13.1. The van der Waals surface area contributed by atoms with Gasteiger partial charge in [0.15, 0.2) is 13.2 Å². The summed E-state index contributed by atoms with van der Waals surface area (Å²) in [5.41, 5.74) is 1.85. The molecule has 0 aliphatic heterocycles. The number of ether oxygens (including phenoxy) is 2. The van der Waals surface area contributed by atoms with E-state index >= 15 is 0 Å². The molecule has 1 N–H and O–H groups in total. The number of aryl methyl sites for hydroxylation is 1. The molecule has 138 valence electrons. The van der Waals surface area contributed by atoms with E-state index in [0.717, 1.165) is 17.2 Å². The van der Waals surface area contributed by atoms with Crippen LogP contribution in [0.3, 0.4) is 0 Å². The molecule has 0 spiro atoms. The number of hydrogen-bond donors (Lipinski definition) is 1. The molecule has 0 atom stereocenters. The Morgan fingerprint density at radius 2 is 1.63 bits per heavy atom. The van der Waals surface area contributed by atoms with Gasteiger partial charge in [-0.25, -0.2) is 4.79 Å². The fraction of sp³-hybridized carbons (Fsp3) is 0.182. The van der Waals surface area contributed by atoms with Crippen LogP contribution in [-0.2, 0) is 20.7 Å². The molecule has 1 amide bonds. The molecule has 0 aliphatic carbocycles. The van der Waals surface area contributed by atoms with E-state index in [1.54, 1.807) is 6.07 Å². The van der Waals surface area contributed by atoms with Gasteiger partial charge in [-0.1, -0.05) is 49.4 Å². The highest BCUT2D eigenvalue weighted by Crippen LogP contribution is 2.20. The van der Waals surface area contributed by atoms with Gasteiger partial charge in [0, 0.05) is 5.69 Å². The second-order valence-corrected chi connectivity index (χ2v) is 6.06. The van der Waals surface area contributed by atoms with Crippen LogP contribution in [0.4, 0.5) is 5.69 Å². The van der Waals surface area contributed by atoms with Crippen LogP contribution in [0, 0.1) is 0 Å². The average molecular weight is 363 g/mol. The van der Waals surface area contributed by atoms with E-state index in [0.29, 0.717) is 11.4 Å². The van der Waals surface area contributed by atoms with Gasteiger partial charge in [0.25, 0.3) is 5.91 Å². The van der Waals surface area contributed by atoms with Crippen molar-refractivity contribution in [3.63, 3.8) is 0 Å². The summed E-state index contributed by atoms with van der Waals surface area (Å²) in [5.74, 6) is -0.413. The highest BCUT2D eigenvalue weighted by molar-refractivity contribution is 5.92. The molecule has 0 bridgehead atoms. The number of benzene rings is 3. The van der Waals surface area contributed by atoms with Gasteiger partial charge >= 0.3 is 5.97 Å². The maximum absolute atomic E-state index is 11.9. The maximum Gasteiger partial charge on any atom is 0.344 e. The molecule has 0 saturated carbocycles. The van der Waals surface area contributed by atoms with Gasteiger partial charge in [-0.05, 0) is 47.0 Å². The smallest absolute Gasteiger partial charge is 0.344 e. The second kappa shape index (κ2) is 8.85. The van der Waals surface area contributed by atoms with Crippen molar-refractivity contribution >= 4 is 28.3 Å². The number of fused-ring (bicyclic) bond motifs is 1. The van der Waals surface area contributed by atoms with Gasteiger partial charge in [-0.2, -0.15) is 0 Å². The van der Waals surface area contributed by atoms with Crippen LogP contribution in [0.2, 0.25) is 0 Å². The number of amides is 1. The lowest BCUT2D eigenvalue weighted by atomic mass is 10.1. The Morgan fingerprint density at radius 3 is 2.37 bits per heavy atom. The molecular weight excluding hydrogens is 342 g/mol. The third-order valence-electron chi connectivity index (χ3n) is 4.09. The third kappa shape index (κ3) is 5.31. The largest absolute Gasteiger partial charge is 0.482 e. The summed E-state index contributed by atoms with van der Waals surface area (Å²) in [6.07, 6.45) is 0.934. The normalized spacial score (nSPS) is 10.4. The van der Waals surface area contributed by atoms with E-state index in [9.17, 15) is 9.59 Å². The molecule has 5 heteroatoms. The lowest BCUT2D eigenvalue weighted by molar-refractivity contribution is -0.149. The van der Waals surface area contributed by atoms with Crippen LogP contribution >= 0.6 is 0 Å². The minimum atomic E-state index is -0.598. The minimum Gasteiger partial charge on any atom is -0.482 e. The zero-order valence-electron chi connectivity index (χ0n) is 15.1. The van der Waals surface area contributed by atoms with E-state index in [-0.39, 0.29) is 13.2 Å². The average Bonchev–Trinajstić information content (AvgIpc) is 2.71. The van der Waals surface area contributed by atoms with Crippen molar-refractivity contribution in [2.45, 2.75) is 13.3 Å². The van der Waals surface area contributed by atoms with Crippen molar-refractivity contribution in [1.29, 1.82) is 0 Å². The Bertz CT molecular complexity index is 934. The predicted octanol–water partition coefficient (Wildman–Crippen LogP) is 3.96. The highest BCUT2D eigenvalue weighted by Gasteiger charge is 2.09. The Labute approximate surface area is 157 Å². The first-order valence-corrected chi connectivity index (χ1v) is 8.80. The van der Waals surface area contributed by atoms with Crippen LogP contribution < -0.4 is 10.1 Å². The summed E-state index contributed by atoms with van der Waals surface area (Å²) in [6.45, 7) is 1.46. The molecule has 0 radical (unpaired) electrons. The van der Waals surface area contributed by atoms with Crippen molar-refractivity contribution in [2.24, 2.45) is 0 Å². The second-order valence-electron chi connectivity index (χ2n) is 6.06. The Kier molecular flexibility index (Phi) is 6.05. The molecule has 0 aromatic heterocycles. The van der Waals surface area contributed by atoms with E-state index < -0.39 is 11.9 Å². The fourth-order valence-corrected chi connectivity index (χ4v) is 2.61. The van der Waals surface area contributed by atoms with Crippen LogP contribution in [0.5, 0.6) is 5.75 Å². The van der Waals surface area contributed by atoms with Crippen LogP contribution in [0.15, 0.2) is 66.7 Å². The minimum absolute atomic E-state index is 0.253. The summed E-state index contributed by atoms with van der Waals surface area (Å²) >= 11 is 0. The topological polar surface area (TPSA) is 64.6 Å². The number of anilines is 1. The lowest BCUT2D eigenvalue weighted by Gasteiger charge is -2.09. The summed E-state index contributed by atoms with van der Waals surface area (Å²) in [6, 6.07) is 21.0. The quantitative estimate of drug-likeness (QED) is 0.645. The first-order valence-electron chi connectivity index (χ1n) is 8.80. The molecule has 0 saturated heterocycles. The first kappa shape index (κ1) is 18.5. The number of rotatable bonds is 7. The standard InChI is InChI=1S/C22H21NO4/c1-2-16-7-10-19(11-8-16)23-21(24)14-27-22(25)15-26-20-12-9-17-5-3-4-6-18(17)13-20/h3-13H,2,14-15H2,1H3,(H,23,24). The molecular formula is C22H21NO4. The van der Waals surface area contributed by atoms with Gasteiger partial charge in [-0.15, -0.1) is 0 Å². The number of carbonyl (C=O) groups is 2. The molecule has 0 fully saturated rings. The van der Waals surface area contributed by atoms with Gasteiger partial charge in [-0.3, -0.25) is 4.79 Å². The zero-order valence-corrected chi connectivity index (χ0v) is 15.1. The summed E-state index contributed by atoms with van der Waals surface area (Å²) in [4.78, 5) is 23.7. The van der Waals surface area contributed by atoms with Crippen LogP contribution in [0.1, 0.15) is 12.5 Å². The SMILES string of the molecule is CCc1ccc(NC(=O)COC(=O)COc2ccc3ccccc3c2)cc1. The molecule has 5 nitrogen and oxygen atoms in total. The van der Waals surface area contributed by atoms with Crippen LogP contribution in [-0.4, -0.2) is 25.1 Å². The lowest BCUT2D eigenvalue weighted by Crippen LogP contribution is -2.23. The number of esters is 1. The highest BCUT2D eigenvalue weighted by atomic mass is 16.6. The Hall–Kier alpha value is -3.34. The van der Waals surface area contributed by atoms with Gasteiger partial charge in [0.2, 0.25) is 0 Å². The van der Waals surface area contributed by atoms with E-state index in [1.807, 2.05) is 60.7 Å². The molecule has 3 rings (SSSR count). The molecule has 0 unspecified atom stereocenters. The van der Waals surface area contributed by atoms with Crippen molar-refractivity contribution < 1.29 is 19.1 Å². The van der Waals surface area contributed by atoms with E-state index in [1.165, 1.54) is 5.56 Å². The Morgan fingerprint density at radius 1 is 0.889 bits per heavy atom. The molecule has 3 aromatic rings.